The predicted molar refractivity (Wildman–Crippen MR) is 117 cm³/mol. The van der Waals surface area contributed by atoms with E-state index >= 15 is 0 Å². The van der Waals surface area contributed by atoms with Gasteiger partial charge >= 0.3 is 0 Å². The maximum Gasteiger partial charge on any atom is 0.225 e. The zero-order valence-corrected chi connectivity index (χ0v) is 17.3. The van der Waals surface area contributed by atoms with Crippen LogP contribution in [0.2, 0.25) is 0 Å². The van der Waals surface area contributed by atoms with Crippen molar-refractivity contribution in [1.82, 2.24) is 10.3 Å². The molecule has 0 unspecified atom stereocenters. The van der Waals surface area contributed by atoms with Crippen LogP contribution < -0.4 is 10.6 Å². The maximum atomic E-state index is 12.5. The lowest BCUT2D eigenvalue weighted by Crippen LogP contribution is -2.31. The van der Waals surface area contributed by atoms with Crippen LogP contribution in [0.1, 0.15) is 55.3 Å². The molecule has 0 aliphatic heterocycles. The number of benzene rings is 2. The number of aryl methyl sites for hydroxylation is 2. The number of hydrogen-bond acceptors (Lipinski definition) is 4. The van der Waals surface area contributed by atoms with Crippen LogP contribution in [0.5, 0.6) is 0 Å². The summed E-state index contributed by atoms with van der Waals surface area (Å²) < 4.78 is 1.02. The van der Waals surface area contributed by atoms with E-state index in [1.807, 2.05) is 25.1 Å². The maximum absolute atomic E-state index is 12.5. The second-order valence-corrected chi connectivity index (χ2v) is 8.46. The van der Waals surface area contributed by atoms with Gasteiger partial charge < -0.3 is 10.6 Å². The van der Waals surface area contributed by atoms with Gasteiger partial charge in [0, 0.05) is 12.8 Å². The Morgan fingerprint density at radius 2 is 2.03 bits per heavy atom. The fourth-order valence-electron chi connectivity index (χ4n) is 3.81. The summed E-state index contributed by atoms with van der Waals surface area (Å²) in [4.78, 5) is 28.5. The minimum absolute atomic E-state index is 0.0368. The molecule has 3 aromatic rings. The summed E-state index contributed by atoms with van der Waals surface area (Å²) in [6.07, 6.45) is 4.79. The fraction of sp³-hybridized carbons (Fsp3) is 0.348. The number of hydrogen-bond donors (Lipinski definition) is 2. The fourth-order valence-corrected chi connectivity index (χ4v) is 4.76. The number of carbonyl (C=O) groups is 2. The third kappa shape index (κ3) is 4.65. The number of amides is 2. The van der Waals surface area contributed by atoms with Crippen molar-refractivity contribution in [1.29, 1.82) is 0 Å². The highest BCUT2D eigenvalue weighted by Crippen LogP contribution is 2.30. The monoisotopic (exact) mass is 407 g/mol. The molecule has 150 valence electrons. The SMILES string of the molecule is CCC(=O)Nc1nc2ccc(CCC(=O)N[C@@H]3CCCc4ccccc43)cc2s1. The number of fused-ring (bicyclic) bond motifs is 2. The second-order valence-electron chi connectivity index (χ2n) is 7.43. The van der Waals surface area contributed by atoms with Crippen LogP contribution in [0.15, 0.2) is 42.5 Å². The van der Waals surface area contributed by atoms with Gasteiger partial charge in [-0.1, -0.05) is 48.6 Å². The van der Waals surface area contributed by atoms with E-state index in [1.165, 1.54) is 22.5 Å². The molecule has 1 heterocycles. The summed E-state index contributed by atoms with van der Waals surface area (Å²) in [5.74, 6) is 0.0530. The number of nitrogens with zero attached hydrogens (tertiary/aromatic N) is 1. The summed E-state index contributed by atoms with van der Waals surface area (Å²) in [5.41, 5.74) is 4.59. The Kier molecular flexibility index (Phi) is 5.90. The van der Waals surface area contributed by atoms with Gasteiger partial charge in [0.1, 0.15) is 0 Å². The highest BCUT2D eigenvalue weighted by atomic mass is 32.1. The van der Waals surface area contributed by atoms with E-state index in [4.69, 9.17) is 0 Å². The minimum Gasteiger partial charge on any atom is -0.349 e. The topological polar surface area (TPSA) is 71.1 Å². The van der Waals surface area contributed by atoms with Crippen LogP contribution >= 0.6 is 11.3 Å². The number of thiazole rings is 1. The lowest BCUT2D eigenvalue weighted by atomic mass is 9.87. The first-order chi connectivity index (χ1) is 14.1. The number of nitrogens with one attached hydrogen (secondary N) is 2. The summed E-state index contributed by atoms with van der Waals surface area (Å²) in [7, 11) is 0. The van der Waals surface area contributed by atoms with Gasteiger partial charge in [-0.3, -0.25) is 9.59 Å². The van der Waals surface area contributed by atoms with Crippen molar-refractivity contribution in [2.24, 2.45) is 0 Å². The Morgan fingerprint density at radius 1 is 1.17 bits per heavy atom. The summed E-state index contributed by atoms with van der Waals surface area (Å²) in [6, 6.07) is 14.6. The molecule has 1 aliphatic carbocycles. The third-order valence-corrected chi connectivity index (χ3v) is 6.30. The van der Waals surface area contributed by atoms with E-state index in [0.717, 1.165) is 35.0 Å². The van der Waals surface area contributed by atoms with Crippen molar-refractivity contribution in [2.45, 2.75) is 51.5 Å². The van der Waals surface area contributed by atoms with Crippen LogP contribution in [0, 0.1) is 0 Å². The van der Waals surface area contributed by atoms with Gasteiger partial charge in [0.2, 0.25) is 11.8 Å². The molecule has 0 saturated carbocycles. The Hall–Kier alpha value is -2.73. The van der Waals surface area contributed by atoms with Crippen LogP contribution in [-0.2, 0) is 22.4 Å². The van der Waals surface area contributed by atoms with Crippen molar-refractivity contribution in [3.63, 3.8) is 0 Å². The highest BCUT2D eigenvalue weighted by molar-refractivity contribution is 7.22. The average molecular weight is 408 g/mol. The molecular formula is C23H25N3O2S. The zero-order valence-electron chi connectivity index (χ0n) is 16.5. The Bertz CT molecular complexity index is 1040. The quantitative estimate of drug-likeness (QED) is 0.618. The van der Waals surface area contributed by atoms with Crippen molar-refractivity contribution < 1.29 is 9.59 Å². The van der Waals surface area contributed by atoms with E-state index in [0.29, 0.717) is 24.4 Å². The largest absolute Gasteiger partial charge is 0.349 e. The molecule has 1 atom stereocenters. The molecule has 4 rings (SSSR count). The van der Waals surface area contributed by atoms with Gasteiger partial charge in [0.15, 0.2) is 5.13 Å². The Balaban J connectivity index is 1.37. The van der Waals surface area contributed by atoms with Crippen molar-refractivity contribution in [3.05, 3.63) is 59.2 Å². The molecule has 29 heavy (non-hydrogen) atoms. The molecule has 0 fully saturated rings. The van der Waals surface area contributed by atoms with Gasteiger partial charge in [-0.05, 0) is 54.5 Å². The van der Waals surface area contributed by atoms with Gasteiger partial charge in [-0.2, -0.15) is 0 Å². The Labute approximate surface area is 174 Å². The normalized spacial score (nSPS) is 15.7. The smallest absolute Gasteiger partial charge is 0.225 e. The molecule has 0 spiro atoms. The molecule has 5 nitrogen and oxygen atoms in total. The molecule has 0 saturated heterocycles. The van der Waals surface area contributed by atoms with Crippen LogP contribution in [0.3, 0.4) is 0 Å². The summed E-state index contributed by atoms with van der Waals surface area (Å²) in [5, 5.41) is 6.65. The molecule has 0 radical (unpaired) electrons. The lowest BCUT2D eigenvalue weighted by molar-refractivity contribution is -0.122. The molecule has 1 aliphatic rings. The molecule has 2 N–H and O–H groups in total. The van der Waals surface area contributed by atoms with E-state index in [9.17, 15) is 9.59 Å². The third-order valence-electron chi connectivity index (χ3n) is 5.37. The van der Waals surface area contributed by atoms with Crippen molar-refractivity contribution >= 4 is 38.5 Å². The first-order valence-corrected chi connectivity index (χ1v) is 11.0. The lowest BCUT2D eigenvalue weighted by Gasteiger charge is -2.26. The molecule has 1 aromatic heterocycles. The number of aromatic nitrogens is 1. The van der Waals surface area contributed by atoms with Gasteiger partial charge in [0.05, 0.1) is 16.3 Å². The van der Waals surface area contributed by atoms with Gasteiger partial charge in [-0.15, -0.1) is 0 Å². The first-order valence-electron chi connectivity index (χ1n) is 10.2. The van der Waals surface area contributed by atoms with Crippen molar-refractivity contribution in [2.75, 3.05) is 5.32 Å². The summed E-state index contributed by atoms with van der Waals surface area (Å²) in [6.45, 7) is 1.82. The summed E-state index contributed by atoms with van der Waals surface area (Å²) >= 11 is 1.47. The van der Waals surface area contributed by atoms with E-state index in [-0.39, 0.29) is 17.9 Å². The first kappa shape index (κ1) is 19.6. The minimum atomic E-state index is -0.0368. The van der Waals surface area contributed by atoms with Gasteiger partial charge in [0.25, 0.3) is 0 Å². The number of rotatable bonds is 6. The second kappa shape index (κ2) is 8.74. The number of carbonyl (C=O) groups excluding carboxylic acids is 2. The molecule has 6 heteroatoms. The average Bonchev–Trinajstić information content (AvgIpc) is 3.14. The van der Waals surface area contributed by atoms with Crippen LogP contribution in [0.4, 0.5) is 5.13 Å². The van der Waals surface area contributed by atoms with Gasteiger partial charge in [-0.25, -0.2) is 4.98 Å². The molecule has 2 amide bonds. The van der Waals surface area contributed by atoms with Crippen molar-refractivity contribution in [3.8, 4) is 0 Å². The van der Waals surface area contributed by atoms with Crippen LogP contribution in [0.25, 0.3) is 10.2 Å². The highest BCUT2D eigenvalue weighted by Gasteiger charge is 2.21. The molecule has 0 bridgehead atoms. The van der Waals surface area contributed by atoms with E-state index < -0.39 is 0 Å². The zero-order chi connectivity index (χ0) is 20.2. The van der Waals surface area contributed by atoms with E-state index in [2.05, 4.69) is 39.9 Å². The molecular weight excluding hydrogens is 382 g/mol. The standard InChI is InChI=1S/C23H25N3O2S/c1-2-21(27)26-23-25-19-12-10-15(14-20(19)29-23)11-13-22(28)24-18-9-5-7-16-6-3-4-8-17(16)18/h3-4,6,8,10,12,14,18H,2,5,7,9,11,13H2,1H3,(H,24,28)(H,25,26,27)/t18-/m1/s1. The van der Waals surface area contributed by atoms with Crippen LogP contribution in [-0.4, -0.2) is 16.8 Å². The molecule has 2 aromatic carbocycles. The number of anilines is 1. The Morgan fingerprint density at radius 3 is 2.90 bits per heavy atom. The van der Waals surface area contributed by atoms with E-state index in [1.54, 1.807) is 0 Å². The predicted octanol–water partition coefficient (Wildman–Crippen LogP) is 4.77.